The lowest BCUT2D eigenvalue weighted by Crippen LogP contribution is -2.34. The SMILES string of the molecule is CCn1c(CC2CCN(Cc3cc(C#CCO)cs3)CC2)n[nH]c1=O. The zero-order valence-corrected chi connectivity index (χ0v) is 15.3. The van der Waals surface area contributed by atoms with Gasteiger partial charge >= 0.3 is 5.69 Å². The van der Waals surface area contributed by atoms with E-state index in [1.54, 1.807) is 15.9 Å². The Morgan fingerprint density at radius 2 is 2.24 bits per heavy atom. The third-order valence-electron chi connectivity index (χ3n) is 4.68. The molecule has 0 radical (unpaired) electrons. The minimum atomic E-state index is -0.104. The van der Waals surface area contributed by atoms with Crippen molar-refractivity contribution in [3.63, 3.8) is 0 Å². The topological polar surface area (TPSA) is 74.2 Å². The summed E-state index contributed by atoms with van der Waals surface area (Å²) in [5, 5.41) is 17.5. The molecule has 0 bridgehead atoms. The largest absolute Gasteiger partial charge is 0.384 e. The van der Waals surface area contributed by atoms with E-state index in [-0.39, 0.29) is 12.3 Å². The first-order valence-corrected chi connectivity index (χ1v) is 9.61. The molecule has 0 amide bonds. The molecule has 134 valence electrons. The van der Waals surface area contributed by atoms with Crippen LogP contribution in [0.4, 0.5) is 0 Å². The van der Waals surface area contributed by atoms with Gasteiger partial charge in [-0.3, -0.25) is 9.47 Å². The summed E-state index contributed by atoms with van der Waals surface area (Å²) in [7, 11) is 0. The normalized spacial score (nSPS) is 15.9. The van der Waals surface area contributed by atoms with Gasteiger partial charge in [-0.25, -0.2) is 9.89 Å². The number of nitrogens with one attached hydrogen (secondary N) is 1. The van der Waals surface area contributed by atoms with Gasteiger partial charge in [0.05, 0.1) is 0 Å². The number of aliphatic hydroxyl groups is 1. The first-order valence-electron chi connectivity index (χ1n) is 8.73. The molecule has 2 aromatic heterocycles. The molecule has 0 atom stereocenters. The monoisotopic (exact) mass is 360 g/mol. The van der Waals surface area contributed by atoms with E-state index in [2.05, 4.69) is 33.0 Å². The third-order valence-corrected chi connectivity index (χ3v) is 5.60. The zero-order chi connectivity index (χ0) is 17.6. The number of nitrogens with zero attached hydrogens (tertiary/aromatic N) is 3. The van der Waals surface area contributed by atoms with Gasteiger partial charge in [-0.2, -0.15) is 5.10 Å². The Morgan fingerprint density at radius 3 is 2.96 bits per heavy atom. The van der Waals surface area contributed by atoms with E-state index in [9.17, 15) is 4.79 Å². The summed E-state index contributed by atoms with van der Waals surface area (Å²) in [6.07, 6.45) is 3.14. The molecule has 1 saturated heterocycles. The smallest absolute Gasteiger partial charge is 0.343 e. The summed E-state index contributed by atoms with van der Waals surface area (Å²) in [4.78, 5) is 15.4. The van der Waals surface area contributed by atoms with Gasteiger partial charge in [0.1, 0.15) is 12.4 Å². The predicted molar refractivity (Wildman–Crippen MR) is 98.5 cm³/mol. The van der Waals surface area contributed by atoms with E-state index in [0.717, 1.165) is 50.3 Å². The lowest BCUT2D eigenvalue weighted by Gasteiger charge is -2.31. The van der Waals surface area contributed by atoms with Gasteiger partial charge in [-0.05, 0) is 44.8 Å². The molecule has 0 unspecified atom stereocenters. The molecule has 0 aliphatic carbocycles. The molecule has 0 saturated carbocycles. The Labute approximate surface area is 151 Å². The fourth-order valence-corrected chi connectivity index (χ4v) is 4.19. The van der Waals surface area contributed by atoms with Crippen molar-refractivity contribution >= 4 is 11.3 Å². The van der Waals surface area contributed by atoms with Gasteiger partial charge in [0, 0.05) is 35.3 Å². The minimum absolute atomic E-state index is 0.0967. The van der Waals surface area contributed by atoms with Crippen LogP contribution in [0.2, 0.25) is 0 Å². The van der Waals surface area contributed by atoms with Crippen LogP contribution in [0, 0.1) is 17.8 Å². The number of hydrogen-bond donors (Lipinski definition) is 2. The fraction of sp³-hybridized carbons (Fsp3) is 0.556. The standard InChI is InChI=1S/C18H24N4O2S/c1-2-22-17(19-20-18(22)24)11-14-5-7-21(8-6-14)12-16-10-15(13-25-16)4-3-9-23/h10,13-14,23H,2,5-9,11-12H2,1H3,(H,20,24). The molecule has 2 N–H and O–H groups in total. The number of hydrogen-bond acceptors (Lipinski definition) is 5. The highest BCUT2D eigenvalue weighted by molar-refractivity contribution is 7.10. The number of thiophene rings is 1. The van der Waals surface area contributed by atoms with Gasteiger partial charge in [0.15, 0.2) is 0 Å². The summed E-state index contributed by atoms with van der Waals surface area (Å²) in [5.74, 6) is 7.12. The van der Waals surface area contributed by atoms with Crippen molar-refractivity contribution in [1.82, 2.24) is 19.7 Å². The maximum atomic E-state index is 11.7. The van der Waals surface area contributed by atoms with Crippen molar-refractivity contribution in [3.05, 3.63) is 38.2 Å². The van der Waals surface area contributed by atoms with Crippen molar-refractivity contribution in [2.75, 3.05) is 19.7 Å². The van der Waals surface area contributed by atoms with Crippen LogP contribution < -0.4 is 5.69 Å². The summed E-state index contributed by atoms with van der Waals surface area (Å²) in [6.45, 7) is 5.65. The number of H-pyrrole nitrogens is 1. The Bertz CT molecular complexity index is 803. The number of likely N-dealkylation sites (tertiary alicyclic amines) is 1. The average molecular weight is 360 g/mol. The second kappa shape index (κ2) is 8.48. The molecule has 6 nitrogen and oxygen atoms in total. The van der Waals surface area contributed by atoms with E-state index >= 15 is 0 Å². The van der Waals surface area contributed by atoms with E-state index in [1.807, 2.05) is 12.3 Å². The van der Waals surface area contributed by atoms with Crippen LogP contribution in [0.15, 0.2) is 16.2 Å². The Morgan fingerprint density at radius 1 is 1.44 bits per heavy atom. The van der Waals surface area contributed by atoms with Crippen LogP contribution in [0.25, 0.3) is 0 Å². The molecule has 2 aromatic rings. The minimum Gasteiger partial charge on any atom is -0.384 e. The van der Waals surface area contributed by atoms with E-state index in [0.29, 0.717) is 12.5 Å². The molecule has 25 heavy (non-hydrogen) atoms. The van der Waals surface area contributed by atoms with Gasteiger partial charge in [-0.15, -0.1) is 11.3 Å². The second-order valence-corrected chi connectivity index (χ2v) is 7.37. The molecule has 7 heteroatoms. The van der Waals surface area contributed by atoms with Gasteiger partial charge in [-0.1, -0.05) is 11.8 Å². The van der Waals surface area contributed by atoms with E-state index < -0.39 is 0 Å². The fourth-order valence-electron chi connectivity index (χ4n) is 3.33. The maximum absolute atomic E-state index is 11.7. The van der Waals surface area contributed by atoms with Crippen LogP contribution in [-0.2, 0) is 19.5 Å². The molecule has 1 aliphatic rings. The third kappa shape index (κ3) is 4.60. The van der Waals surface area contributed by atoms with Crippen molar-refractivity contribution in [2.24, 2.45) is 5.92 Å². The van der Waals surface area contributed by atoms with Crippen LogP contribution in [0.5, 0.6) is 0 Å². The first kappa shape index (κ1) is 17.9. The van der Waals surface area contributed by atoms with Crippen molar-refractivity contribution in [2.45, 2.75) is 39.3 Å². The Kier molecular flexibility index (Phi) is 6.08. The predicted octanol–water partition coefficient (Wildman–Crippen LogP) is 1.45. The zero-order valence-electron chi connectivity index (χ0n) is 14.5. The van der Waals surface area contributed by atoms with E-state index in [1.165, 1.54) is 4.88 Å². The lowest BCUT2D eigenvalue weighted by molar-refractivity contribution is 0.176. The summed E-state index contributed by atoms with van der Waals surface area (Å²) in [5.41, 5.74) is 0.882. The van der Waals surface area contributed by atoms with Gasteiger partial charge in [0.2, 0.25) is 0 Å². The highest BCUT2D eigenvalue weighted by Gasteiger charge is 2.22. The first-order chi connectivity index (χ1) is 12.2. The maximum Gasteiger partial charge on any atom is 0.343 e. The lowest BCUT2D eigenvalue weighted by atomic mass is 9.93. The van der Waals surface area contributed by atoms with Gasteiger partial charge < -0.3 is 5.11 Å². The molecule has 0 aromatic carbocycles. The number of rotatable bonds is 5. The van der Waals surface area contributed by atoms with Crippen LogP contribution in [0.1, 0.15) is 36.0 Å². The number of aliphatic hydroxyl groups excluding tert-OH is 1. The van der Waals surface area contributed by atoms with E-state index in [4.69, 9.17) is 5.11 Å². The Hall–Kier alpha value is -1.88. The van der Waals surface area contributed by atoms with Crippen LogP contribution >= 0.6 is 11.3 Å². The molecule has 0 spiro atoms. The molecule has 1 aliphatic heterocycles. The highest BCUT2D eigenvalue weighted by Crippen LogP contribution is 2.23. The number of aromatic amines is 1. The molecule has 3 rings (SSSR count). The van der Waals surface area contributed by atoms with Crippen molar-refractivity contribution < 1.29 is 5.11 Å². The summed E-state index contributed by atoms with van der Waals surface area (Å²) >= 11 is 1.73. The second-order valence-electron chi connectivity index (χ2n) is 6.37. The highest BCUT2D eigenvalue weighted by atomic mass is 32.1. The molecule has 1 fully saturated rings. The van der Waals surface area contributed by atoms with Crippen LogP contribution in [0.3, 0.4) is 0 Å². The number of aromatic nitrogens is 3. The Balaban J connectivity index is 1.50. The average Bonchev–Trinajstić information content (AvgIpc) is 3.21. The quantitative estimate of drug-likeness (QED) is 0.792. The number of piperidine rings is 1. The molecular weight excluding hydrogens is 336 g/mol. The van der Waals surface area contributed by atoms with Crippen molar-refractivity contribution in [1.29, 1.82) is 0 Å². The molecular formula is C18H24N4O2S. The van der Waals surface area contributed by atoms with Crippen molar-refractivity contribution in [3.8, 4) is 11.8 Å². The van der Waals surface area contributed by atoms with Gasteiger partial charge in [0.25, 0.3) is 0 Å². The summed E-state index contributed by atoms with van der Waals surface area (Å²) < 4.78 is 1.73. The molecule has 3 heterocycles. The van der Waals surface area contributed by atoms with Crippen LogP contribution in [-0.4, -0.2) is 44.5 Å². The summed E-state index contributed by atoms with van der Waals surface area (Å²) in [6, 6.07) is 2.11.